The molecule has 1 aromatic rings. The highest BCUT2D eigenvalue weighted by molar-refractivity contribution is 5.35. The standard InChI is InChI=1S/C12H14NO/c1-2-4-11-10(3-1)9-14-12(11)5-7-13-8-6-12/h1-4H,5-9H2. The van der Waals surface area contributed by atoms with Gasteiger partial charge in [0.1, 0.15) is 0 Å². The van der Waals surface area contributed by atoms with Crippen molar-refractivity contribution in [2.75, 3.05) is 13.1 Å². The lowest BCUT2D eigenvalue weighted by Crippen LogP contribution is -2.36. The minimum Gasteiger partial charge on any atom is -0.365 e. The molecule has 0 amide bonds. The fourth-order valence-corrected chi connectivity index (χ4v) is 2.55. The Balaban J connectivity index is 2.03. The average Bonchev–Trinajstić information content (AvgIpc) is 2.60. The van der Waals surface area contributed by atoms with E-state index in [0.717, 1.165) is 32.5 Å². The van der Waals surface area contributed by atoms with E-state index in [9.17, 15) is 0 Å². The Morgan fingerprint density at radius 3 is 2.79 bits per heavy atom. The van der Waals surface area contributed by atoms with Gasteiger partial charge in [-0.3, -0.25) is 0 Å². The fraction of sp³-hybridized carbons (Fsp3) is 0.500. The number of hydrogen-bond acceptors (Lipinski definition) is 1. The minimum absolute atomic E-state index is 0.0122. The lowest BCUT2D eigenvalue weighted by Gasteiger charge is -2.33. The summed E-state index contributed by atoms with van der Waals surface area (Å²) in [7, 11) is 0. The summed E-state index contributed by atoms with van der Waals surface area (Å²) in [5.74, 6) is 0. The van der Waals surface area contributed by atoms with E-state index in [2.05, 4.69) is 29.6 Å². The SMILES string of the molecule is c1ccc2c(c1)COC21CC[N]CC1. The van der Waals surface area contributed by atoms with Gasteiger partial charge in [0.2, 0.25) is 0 Å². The van der Waals surface area contributed by atoms with Crippen molar-refractivity contribution < 1.29 is 4.74 Å². The van der Waals surface area contributed by atoms with Crippen molar-refractivity contribution in [1.82, 2.24) is 5.32 Å². The highest BCUT2D eigenvalue weighted by atomic mass is 16.5. The molecule has 0 N–H and O–H groups in total. The van der Waals surface area contributed by atoms with Gasteiger partial charge in [0.25, 0.3) is 0 Å². The number of rotatable bonds is 0. The monoisotopic (exact) mass is 188 g/mol. The predicted molar refractivity (Wildman–Crippen MR) is 54.0 cm³/mol. The van der Waals surface area contributed by atoms with E-state index in [-0.39, 0.29) is 5.60 Å². The molecule has 0 aliphatic carbocycles. The van der Waals surface area contributed by atoms with Crippen LogP contribution in [0.5, 0.6) is 0 Å². The highest BCUT2D eigenvalue weighted by Gasteiger charge is 2.40. The lowest BCUT2D eigenvalue weighted by molar-refractivity contribution is -0.0595. The van der Waals surface area contributed by atoms with E-state index >= 15 is 0 Å². The molecule has 0 unspecified atom stereocenters. The van der Waals surface area contributed by atoms with Crippen LogP contribution in [-0.4, -0.2) is 13.1 Å². The molecule has 0 saturated carbocycles. The van der Waals surface area contributed by atoms with Crippen LogP contribution in [0.1, 0.15) is 24.0 Å². The van der Waals surface area contributed by atoms with Crippen LogP contribution in [0.4, 0.5) is 0 Å². The molecule has 2 heteroatoms. The molecule has 73 valence electrons. The largest absolute Gasteiger partial charge is 0.365 e. The zero-order valence-corrected chi connectivity index (χ0v) is 8.20. The van der Waals surface area contributed by atoms with Gasteiger partial charge in [0.15, 0.2) is 0 Å². The number of benzene rings is 1. The van der Waals surface area contributed by atoms with Crippen molar-refractivity contribution in [3.63, 3.8) is 0 Å². The van der Waals surface area contributed by atoms with Gasteiger partial charge in [0, 0.05) is 13.1 Å². The van der Waals surface area contributed by atoms with Crippen LogP contribution >= 0.6 is 0 Å². The second-order valence-electron chi connectivity index (χ2n) is 4.11. The maximum Gasteiger partial charge on any atom is 0.0964 e. The van der Waals surface area contributed by atoms with Crippen LogP contribution in [-0.2, 0) is 16.9 Å². The molecular weight excluding hydrogens is 174 g/mol. The second kappa shape index (κ2) is 3.07. The molecule has 1 radical (unpaired) electrons. The van der Waals surface area contributed by atoms with Crippen LogP contribution in [0.2, 0.25) is 0 Å². The van der Waals surface area contributed by atoms with E-state index in [1.54, 1.807) is 0 Å². The van der Waals surface area contributed by atoms with Crippen molar-refractivity contribution in [3.8, 4) is 0 Å². The van der Waals surface area contributed by atoms with Crippen molar-refractivity contribution in [3.05, 3.63) is 35.4 Å². The van der Waals surface area contributed by atoms with Gasteiger partial charge >= 0.3 is 0 Å². The fourth-order valence-electron chi connectivity index (χ4n) is 2.55. The predicted octanol–water partition coefficient (Wildman–Crippen LogP) is 1.81. The first-order valence-corrected chi connectivity index (χ1v) is 5.26. The third kappa shape index (κ3) is 1.11. The summed E-state index contributed by atoms with van der Waals surface area (Å²) in [6.07, 6.45) is 2.12. The van der Waals surface area contributed by atoms with Gasteiger partial charge in [-0.05, 0) is 24.0 Å². The molecule has 2 heterocycles. The van der Waals surface area contributed by atoms with Crippen LogP contribution in [0.25, 0.3) is 0 Å². The Morgan fingerprint density at radius 2 is 1.93 bits per heavy atom. The molecule has 2 aliphatic heterocycles. The Labute approximate surface area is 84.3 Å². The summed E-state index contributed by atoms with van der Waals surface area (Å²) in [4.78, 5) is 0. The summed E-state index contributed by atoms with van der Waals surface area (Å²) in [6.45, 7) is 2.69. The molecule has 14 heavy (non-hydrogen) atoms. The zero-order chi connectivity index (χ0) is 9.43. The van der Waals surface area contributed by atoms with Crippen LogP contribution in [0.3, 0.4) is 0 Å². The smallest absolute Gasteiger partial charge is 0.0964 e. The Morgan fingerprint density at radius 1 is 1.14 bits per heavy atom. The number of ether oxygens (including phenoxy) is 1. The molecule has 1 aromatic carbocycles. The van der Waals surface area contributed by atoms with E-state index in [1.165, 1.54) is 11.1 Å². The van der Waals surface area contributed by atoms with Gasteiger partial charge in [-0.25, -0.2) is 5.32 Å². The molecule has 1 spiro atoms. The summed E-state index contributed by atoms with van der Waals surface area (Å²) in [5, 5.41) is 4.39. The number of fused-ring (bicyclic) bond motifs is 2. The number of piperidine rings is 1. The quantitative estimate of drug-likeness (QED) is 0.609. The van der Waals surface area contributed by atoms with Gasteiger partial charge in [0.05, 0.1) is 12.2 Å². The first kappa shape index (κ1) is 8.45. The lowest BCUT2D eigenvalue weighted by atomic mass is 9.84. The summed E-state index contributed by atoms with van der Waals surface area (Å²) in [5.41, 5.74) is 2.79. The molecule has 2 nitrogen and oxygen atoms in total. The normalized spacial score (nSPS) is 23.7. The molecule has 3 rings (SSSR count). The van der Waals surface area contributed by atoms with E-state index in [4.69, 9.17) is 4.74 Å². The Kier molecular flexibility index (Phi) is 1.85. The van der Waals surface area contributed by atoms with Crippen LogP contribution < -0.4 is 5.32 Å². The first-order chi connectivity index (χ1) is 6.91. The summed E-state index contributed by atoms with van der Waals surface area (Å²) >= 11 is 0. The maximum atomic E-state index is 5.99. The van der Waals surface area contributed by atoms with E-state index in [1.807, 2.05) is 0 Å². The van der Waals surface area contributed by atoms with E-state index in [0.29, 0.717) is 0 Å². The summed E-state index contributed by atoms with van der Waals surface area (Å²) < 4.78 is 5.99. The Bertz CT molecular complexity index is 336. The number of nitrogens with zero attached hydrogens (tertiary/aromatic N) is 1. The molecular formula is C12H14NO. The molecule has 0 aromatic heterocycles. The third-order valence-corrected chi connectivity index (χ3v) is 3.36. The third-order valence-electron chi connectivity index (χ3n) is 3.36. The van der Waals surface area contributed by atoms with Crippen molar-refractivity contribution in [2.24, 2.45) is 0 Å². The minimum atomic E-state index is 0.0122. The van der Waals surface area contributed by atoms with Gasteiger partial charge in [-0.2, -0.15) is 0 Å². The van der Waals surface area contributed by atoms with Crippen LogP contribution in [0, 0.1) is 0 Å². The highest BCUT2D eigenvalue weighted by Crippen LogP contribution is 2.42. The topological polar surface area (TPSA) is 23.3 Å². The van der Waals surface area contributed by atoms with Crippen molar-refractivity contribution in [2.45, 2.75) is 25.0 Å². The zero-order valence-electron chi connectivity index (χ0n) is 8.20. The molecule has 1 fully saturated rings. The maximum absolute atomic E-state index is 5.99. The average molecular weight is 188 g/mol. The van der Waals surface area contributed by atoms with Crippen molar-refractivity contribution >= 4 is 0 Å². The first-order valence-electron chi connectivity index (χ1n) is 5.26. The van der Waals surface area contributed by atoms with Gasteiger partial charge < -0.3 is 4.74 Å². The molecule has 0 bridgehead atoms. The molecule has 2 aliphatic rings. The van der Waals surface area contributed by atoms with Gasteiger partial charge in [-0.1, -0.05) is 24.3 Å². The van der Waals surface area contributed by atoms with Crippen molar-refractivity contribution in [1.29, 1.82) is 0 Å². The molecule has 1 saturated heterocycles. The molecule has 0 atom stereocenters. The van der Waals surface area contributed by atoms with Crippen LogP contribution in [0.15, 0.2) is 24.3 Å². The number of hydrogen-bond donors (Lipinski definition) is 0. The van der Waals surface area contributed by atoms with E-state index < -0.39 is 0 Å². The second-order valence-corrected chi connectivity index (χ2v) is 4.11. The Hall–Kier alpha value is -0.860. The van der Waals surface area contributed by atoms with Gasteiger partial charge in [-0.15, -0.1) is 0 Å². The summed E-state index contributed by atoms with van der Waals surface area (Å²) in [6, 6.07) is 8.60.